The number of Topliss-reactive ketones (excluding diaryl/α,β-unsaturated/α-hetero) is 1. The maximum atomic E-state index is 12.9. The Balaban J connectivity index is 2.19. The van der Waals surface area contributed by atoms with Crippen molar-refractivity contribution in [2.75, 3.05) is 13.7 Å². The quantitative estimate of drug-likeness (QED) is 0.454. The number of aromatic nitrogens is 1. The molecule has 2 heterocycles. The van der Waals surface area contributed by atoms with Crippen LogP contribution in [-0.2, 0) is 9.59 Å². The van der Waals surface area contributed by atoms with E-state index in [0.717, 1.165) is 5.56 Å². The van der Waals surface area contributed by atoms with E-state index in [9.17, 15) is 14.7 Å². The third-order valence-corrected chi connectivity index (χ3v) is 5.13. The Labute approximate surface area is 170 Å². The molecule has 0 spiro atoms. The van der Waals surface area contributed by atoms with Crippen LogP contribution in [0.25, 0.3) is 5.76 Å². The van der Waals surface area contributed by atoms with Crippen LogP contribution in [0.4, 0.5) is 0 Å². The van der Waals surface area contributed by atoms with Crippen molar-refractivity contribution in [2.24, 2.45) is 0 Å². The van der Waals surface area contributed by atoms with Crippen molar-refractivity contribution in [3.8, 4) is 5.75 Å². The number of benzene rings is 1. The van der Waals surface area contributed by atoms with E-state index in [1.807, 2.05) is 32.9 Å². The van der Waals surface area contributed by atoms with Gasteiger partial charge in [-0.2, -0.15) is 0 Å². The van der Waals surface area contributed by atoms with E-state index in [-0.39, 0.29) is 17.3 Å². The summed E-state index contributed by atoms with van der Waals surface area (Å²) < 4.78 is 5.41. The van der Waals surface area contributed by atoms with Crippen LogP contribution >= 0.6 is 0 Å². The first-order valence-electron chi connectivity index (χ1n) is 9.77. The summed E-state index contributed by atoms with van der Waals surface area (Å²) in [5.74, 6) is -0.576. The summed E-state index contributed by atoms with van der Waals surface area (Å²) in [5.41, 5.74) is 2.19. The molecular weight excluding hydrogens is 368 g/mol. The normalized spacial score (nSPS) is 18.5. The minimum Gasteiger partial charge on any atom is -0.507 e. The molecule has 1 aliphatic heterocycles. The van der Waals surface area contributed by atoms with E-state index in [0.29, 0.717) is 29.8 Å². The van der Waals surface area contributed by atoms with Gasteiger partial charge in [0.05, 0.1) is 18.7 Å². The standard InChI is InChI=1S/C23H26N2O4/c1-5-11-25-20(16-7-6-10-24-13-16)19(22(27)23(25)28)21(26)15-8-9-18(29-4)17(12-15)14(2)3/h6-10,12-14,20,26H,5,11H2,1-4H3/b21-19-. The van der Waals surface area contributed by atoms with Crippen LogP contribution < -0.4 is 4.74 Å². The second kappa shape index (κ2) is 8.47. The van der Waals surface area contributed by atoms with Gasteiger partial charge in [-0.25, -0.2) is 0 Å². The molecule has 1 atom stereocenters. The van der Waals surface area contributed by atoms with Crippen molar-refractivity contribution in [2.45, 2.75) is 39.2 Å². The number of aliphatic hydroxyl groups is 1. The van der Waals surface area contributed by atoms with Gasteiger partial charge in [0.1, 0.15) is 11.5 Å². The minimum atomic E-state index is -0.674. The van der Waals surface area contributed by atoms with Gasteiger partial charge in [-0.3, -0.25) is 14.6 Å². The van der Waals surface area contributed by atoms with Crippen molar-refractivity contribution in [1.82, 2.24) is 9.88 Å². The molecule has 29 heavy (non-hydrogen) atoms. The number of methoxy groups -OCH3 is 1. The molecule has 1 N–H and O–H groups in total. The van der Waals surface area contributed by atoms with Gasteiger partial charge in [0, 0.05) is 24.5 Å². The Kier molecular flexibility index (Phi) is 6.01. The van der Waals surface area contributed by atoms with Crippen molar-refractivity contribution < 1.29 is 19.4 Å². The van der Waals surface area contributed by atoms with Crippen LogP contribution in [0, 0.1) is 0 Å². The fourth-order valence-corrected chi connectivity index (χ4v) is 3.72. The van der Waals surface area contributed by atoms with Gasteiger partial charge in [0.25, 0.3) is 11.7 Å². The average molecular weight is 394 g/mol. The molecule has 1 fully saturated rings. The first kappa shape index (κ1) is 20.6. The predicted molar refractivity (Wildman–Crippen MR) is 111 cm³/mol. The number of ether oxygens (including phenoxy) is 1. The Hall–Kier alpha value is -3.15. The third-order valence-electron chi connectivity index (χ3n) is 5.13. The van der Waals surface area contributed by atoms with Gasteiger partial charge in [-0.1, -0.05) is 26.8 Å². The van der Waals surface area contributed by atoms with Gasteiger partial charge >= 0.3 is 0 Å². The first-order valence-corrected chi connectivity index (χ1v) is 9.77. The molecule has 0 aliphatic carbocycles. The number of nitrogens with zero attached hydrogens (tertiary/aromatic N) is 2. The molecule has 152 valence electrons. The fourth-order valence-electron chi connectivity index (χ4n) is 3.72. The van der Waals surface area contributed by atoms with E-state index >= 15 is 0 Å². The molecule has 1 amide bonds. The molecule has 6 heteroatoms. The lowest BCUT2D eigenvalue weighted by molar-refractivity contribution is -0.139. The molecule has 1 saturated heterocycles. The zero-order valence-corrected chi connectivity index (χ0v) is 17.2. The zero-order chi connectivity index (χ0) is 21.1. The van der Waals surface area contributed by atoms with Gasteiger partial charge in [0.15, 0.2) is 0 Å². The van der Waals surface area contributed by atoms with E-state index in [1.165, 1.54) is 4.90 Å². The summed E-state index contributed by atoms with van der Waals surface area (Å²) in [6, 6.07) is 8.19. The topological polar surface area (TPSA) is 79.7 Å². The van der Waals surface area contributed by atoms with Crippen LogP contribution in [0.5, 0.6) is 5.75 Å². The van der Waals surface area contributed by atoms with Crippen LogP contribution in [0.15, 0.2) is 48.3 Å². The van der Waals surface area contributed by atoms with Crippen molar-refractivity contribution in [1.29, 1.82) is 0 Å². The van der Waals surface area contributed by atoms with Crippen molar-refractivity contribution >= 4 is 17.4 Å². The Morgan fingerprint density at radius 2 is 2.03 bits per heavy atom. The van der Waals surface area contributed by atoms with E-state index in [1.54, 1.807) is 37.7 Å². The van der Waals surface area contributed by atoms with Gasteiger partial charge < -0.3 is 14.7 Å². The molecule has 1 aromatic heterocycles. The van der Waals surface area contributed by atoms with Crippen molar-refractivity contribution in [3.05, 3.63) is 65.0 Å². The smallest absolute Gasteiger partial charge is 0.295 e. The van der Waals surface area contributed by atoms with Gasteiger partial charge in [-0.15, -0.1) is 0 Å². The summed E-state index contributed by atoms with van der Waals surface area (Å²) in [6.07, 6.45) is 3.96. The Bertz CT molecular complexity index is 951. The van der Waals surface area contributed by atoms with Crippen LogP contribution in [0.2, 0.25) is 0 Å². The number of aliphatic hydroxyl groups excluding tert-OH is 1. The number of pyridine rings is 1. The number of hydrogen-bond acceptors (Lipinski definition) is 5. The number of hydrogen-bond donors (Lipinski definition) is 1. The fraction of sp³-hybridized carbons (Fsp3) is 0.348. The first-order chi connectivity index (χ1) is 13.9. The molecule has 1 aromatic carbocycles. The largest absolute Gasteiger partial charge is 0.507 e. The predicted octanol–water partition coefficient (Wildman–Crippen LogP) is 4.05. The summed E-state index contributed by atoms with van der Waals surface area (Å²) >= 11 is 0. The maximum Gasteiger partial charge on any atom is 0.295 e. The van der Waals surface area contributed by atoms with E-state index < -0.39 is 17.7 Å². The SMILES string of the molecule is CCCN1C(=O)C(=O)/C(=C(\O)c2ccc(OC)c(C(C)C)c2)C1c1cccnc1. The average Bonchev–Trinajstić information content (AvgIpc) is 2.98. The van der Waals surface area contributed by atoms with Gasteiger partial charge in [0.2, 0.25) is 0 Å². The number of ketones is 1. The monoisotopic (exact) mass is 394 g/mol. The minimum absolute atomic E-state index is 0.0938. The van der Waals surface area contributed by atoms with Gasteiger partial charge in [-0.05, 0) is 47.7 Å². The molecule has 3 rings (SSSR count). The lowest BCUT2D eigenvalue weighted by atomic mass is 9.93. The number of rotatable bonds is 6. The van der Waals surface area contributed by atoms with E-state index in [2.05, 4.69) is 4.98 Å². The lowest BCUT2D eigenvalue weighted by Crippen LogP contribution is -2.30. The van der Waals surface area contributed by atoms with Crippen molar-refractivity contribution in [3.63, 3.8) is 0 Å². The molecule has 0 radical (unpaired) electrons. The third kappa shape index (κ3) is 3.75. The molecule has 1 unspecified atom stereocenters. The number of carbonyl (C=O) groups is 2. The summed E-state index contributed by atoms with van der Waals surface area (Å²) in [5, 5.41) is 11.1. The summed E-state index contributed by atoms with van der Waals surface area (Å²) in [7, 11) is 1.60. The molecule has 0 saturated carbocycles. The number of amides is 1. The maximum absolute atomic E-state index is 12.9. The number of likely N-dealkylation sites (tertiary alicyclic amines) is 1. The van der Waals surface area contributed by atoms with Crippen LogP contribution in [0.3, 0.4) is 0 Å². The lowest BCUT2D eigenvalue weighted by Gasteiger charge is -2.24. The second-order valence-corrected chi connectivity index (χ2v) is 7.39. The summed E-state index contributed by atoms with van der Waals surface area (Å²) in [4.78, 5) is 31.2. The molecule has 2 aromatic rings. The van der Waals surface area contributed by atoms with Crippen LogP contribution in [0.1, 0.15) is 55.8 Å². The van der Waals surface area contributed by atoms with E-state index in [4.69, 9.17) is 4.74 Å². The molecule has 0 bridgehead atoms. The highest BCUT2D eigenvalue weighted by atomic mass is 16.5. The highest BCUT2D eigenvalue weighted by Crippen LogP contribution is 2.40. The number of carbonyl (C=O) groups excluding carboxylic acids is 2. The molecular formula is C23H26N2O4. The Morgan fingerprint density at radius 3 is 2.62 bits per heavy atom. The second-order valence-electron chi connectivity index (χ2n) is 7.39. The Morgan fingerprint density at radius 1 is 1.28 bits per heavy atom. The zero-order valence-electron chi connectivity index (χ0n) is 17.2. The molecule has 6 nitrogen and oxygen atoms in total. The highest BCUT2D eigenvalue weighted by Gasteiger charge is 2.45. The summed E-state index contributed by atoms with van der Waals surface area (Å²) in [6.45, 7) is 6.41. The molecule has 1 aliphatic rings. The van der Waals surface area contributed by atoms with Crippen LogP contribution in [-0.4, -0.2) is 40.3 Å². The highest BCUT2D eigenvalue weighted by molar-refractivity contribution is 6.46.